The number of anilines is 2. The highest BCUT2D eigenvalue weighted by molar-refractivity contribution is 5.94. The maximum Gasteiger partial charge on any atom is 0.238 e. The van der Waals surface area contributed by atoms with Gasteiger partial charge in [-0.1, -0.05) is 6.07 Å². The number of nitrogens with zero attached hydrogens (tertiary/aromatic N) is 1. The molecule has 2 rings (SSSR count). The first-order valence-corrected chi connectivity index (χ1v) is 7.08. The molecular weight excluding hydrogens is 268 g/mol. The van der Waals surface area contributed by atoms with Crippen LogP contribution in [0.5, 0.6) is 0 Å². The normalized spacial score (nSPS) is 14.0. The van der Waals surface area contributed by atoms with Crippen molar-refractivity contribution in [3.05, 3.63) is 23.8 Å². The van der Waals surface area contributed by atoms with E-state index in [9.17, 15) is 9.59 Å². The van der Waals surface area contributed by atoms with Gasteiger partial charge in [0.1, 0.15) is 0 Å². The van der Waals surface area contributed by atoms with Crippen LogP contribution in [0.15, 0.2) is 18.2 Å². The molecule has 4 N–H and O–H groups in total. The highest BCUT2D eigenvalue weighted by Gasteiger charge is 2.23. The van der Waals surface area contributed by atoms with Gasteiger partial charge in [-0.3, -0.25) is 14.5 Å². The average Bonchev–Trinajstić information content (AvgIpc) is 3.18. The molecule has 6 nitrogen and oxygen atoms in total. The Labute approximate surface area is 124 Å². The van der Waals surface area contributed by atoms with Crippen molar-refractivity contribution in [3.8, 4) is 0 Å². The van der Waals surface area contributed by atoms with Crippen LogP contribution in [0.25, 0.3) is 0 Å². The zero-order valence-electron chi connectivity index (χ0n) is 12.5. The Kier molecular flexibility index (Phi) is 4.80. The molecule has 114 valence electrons. The van der Waals surface area contributed by atoms with E-state index >= 15 is 0 Å². The zero-order chi connectivity index (χ0) is 15.4. The lowest BCUT2D eigenvalue weighted by Gasteiger charge is -2.16. The van der Waals surface area contributed by atoms with E-state index in [1.165, 1.54) is 0 Å². The summed E-state index contributed by atoms with van der Waals surface area (Å²) in [6.07, 6.45) is 2.12. The van der Waals surface area contributed by atoms with Crippen molar-refractivity contribution < 1.29 is 9.59 Å². The van der Waals surface area contributed by atoms with Gasteiger partial charge in [0.25, 0.3) is 0 Å². The van der Waals surface area contributed by atoms with Gasteiger partial charge in [0, 0.05) is 17.4 Å². The van der Waals surface area contributed by atoms with Crippen LogP contribution in [0, 0.1) is 6.92 Å². The Balaban J connectivity index is 1.80. The Morgan fingerprint density at radius 1 is 1.29 bits per heavy atom. The van der Waals surface area contributed by atoms with E-state index in [2.05, 4.69) is 10.6 Å². The Bertz CT molecular complexity index is 540. The molecule has 0 bridgehead atoms. The second-order valence-corrected chi connectivity index (χ2v) is 5.58. The third-order valence-electron chi connectivity index (χ3n) is 3.42. The lowest BCUT2D eigenvalue weighted by Crippen LogP contribution is -2.39. The number of nitrogens with one attached hydrogen (secondary N) is 2. The van der Waals surface area contributed by atoms with E-state index in [1.807, 2.05) is 13.0 Å². The largest absolute Gasteiger partial charge is 0.398 e. The van der Waals surface area contributed by atoms with Crippen LogP contribution in [0.3, 0.4) is 0 Å². The summed E-state index contributed by atoms with van der Waals surface area (Å²) in [5, 5.41) is 5.71. The van der Waals surface area contributed by atoms with E-state index in [4.69, 9.17) is 5.73 Å². The van der Waals surface area contributed by atoms with Gasteiger partial charge in [0.2, 0.25) is 11.8 Å². The average molecular weight is 290 g/mol. The second kappa shape index (κ2) is 6.58. The van der Waals surface area contributed by atoms with Gasteiger partial charge >= 0.3 is 0 Å². The van der Waals surface area contributed by atoms with Gasteiger partial charge in [0.15, 0.2) is 0 Å². The van der Waals surface area contributed by atoms with Crippen LogP contribution in [-0.2, 0) is 9.59 Å². The number of hydrogen-bond donors (Lipinski definition) is 3. The van der Waals surface area contributed by atoms with Crippen molar-refractivity contribution in [3.63, 3.8) is 0 Å². The van der Waals surface area contributed by atoms with E-state index in [-0.39, 0.29) is 24.9 Å². The predicted octanol–water partition coefficient (Wildman–Crippen LogP) is 0.726. The number of benzene rings is 1. The molecule has 2 amide bonds. The van der Waals surface area contributed by atoms with Gasteiger partial charge in [-0.15, -0.1) is 0 Å². The Morgan fingerprint density at radius 3 is 2.62 bits per heavy atom. The molecule has 6 heteroatoms. The molecule has 0 atom stereocenters. The SMILES string of the molecule is Cc1c(N)cccc1NC(=O)CN(C)CC(=O)NC1CC1. The molecule has 0 aromatic heterocycles. The third kappa shape index (κ3) is 4.75. The Hall–Kier alpha value is -2.08. The van der Waals surface area contributed by atoms with Gasteiger partial charge in [-0.25, -0.2) is 0 Å². The molecule has 0 aliphatic heterocycles. The third-order valence-corrected chi connectivity index (χ3v) is 3.42. The minimum Gasteiger partial charge on any atom is -0.398 e. The summed E-state index contributed by atoms with van der Waals surface area (Å²) in [5.74, 6) is -0.196. The quantitative estimate of drug-likeness (QED) is 0.674. The highest BCUT2D eigenvalue weighted by atomic mass is 16.2. The van der Waals surface area contributed by atoms with Crippen LogP contribution in [0.1, 0.15) is 18.4 Å². The fourth-order valence-corrected chi connectivity index (χ4v) is 2.03. The number of nitrogens with two attached hydrogens (primary N) is 1. The highest BCUT2D eigenvalue weighted by Crippen LogP contribution is 2.20. The number of nitrogen functional groups attached to an aromatic ring is 1. The van der Waals surface area contributed by atoms with E-state index in [0.29, 0.717) is 17.4 Å². The van der Waals surface area contributed by atoms with Crippen LogP contribution < -0.4 is 16.4 Å². The molecular formula is C15H22N4O2. The number of carbonyl (C=O) groups is 2. The van der Waals surface area contributed by atoms with Crippen LogP contribution in [-0.4, -0.2) is 42.9 Å². The fourth-order valence-electron chi connectivity index (χ4n) is 2.03. The second-order valence-electron chi connectivity index (χ2n) is 5.58. The molecule has 1 aliphatic carbocycles. The lowest BCUT2D eigenvalue weighted by molar-refractivity contribution is -0.123. The molecule has 0 radical (unpaired) electrons. The molecule has 1 saturated carbocycles. The molecule has 1 aromatic carbocycles. The van der Waals surface area contributed by atoms with Gasteiger partial charge in [-0.2, -0.15) is 0 Å². The molecule has 0 heterocycles. The molecule has 1 aromatic rings. The summed E-state index contributed by atoms with van der Waals surface area (Å²) >= 11 is 0. The predicted molar refractivity (Wildman–Crippen MR) is 82.9 cm³/mol. The summed E-state index contributed by atoms with van der Waals surface area (Å²) in [6, 6.07) is 5.74. The van der Waals surface area contributed by atoms with E-state index in [0.717, 1.165) is 18.4 Å². The maximum absolute atomic E-state index is 12.0. The number of amides is 2. The van der Waals surface area contributed by atoms with Gasteiger partial charge in [-0.05, 0) is 44.5 Å². The topological polar surface area (TPSA) is 87.5 Å². The van der Waals surface area contributed by atoms with Gasteiger partial charge < -0.3 is 16.4 Å². The summed E-state index contributed by atoms with van der Waals surface area (Å²) < 4.78 is 0. The first-order chi connectivity index (χ1) is 9.95. The van der Waals surface area contributed by atoms with Crippen molar-refractivity contribution in [2.24, 2.45) is 0 Å². The minimum atomic E-state index is -0.162. The van der Waals surface area contributed by atoms with Crippen molar-refractivity contribution in [2.75, 3.05) is 31.2 Å². The van der Waals surface area contributed by atoms with Crippen molar-refractivity contribution in [2.45, 2.75) is 25.8 Å². The summed E-state index contributed by atoms with van der Waals surface area (Å²) in [5.41, 5.74) is 8.00. The standard InChI is InChI=1S/C15H22N4O2/c1-10-12(16)4-3-5-13(10)18-15(21)9-19(2)8-14(20)17-11-6-7-11/h3-5,11H,6-9,16H2,1-2H3,(H,17,20)(H,18,21). The summed E-state index contributed by atoms with van der Waals surface area (Å²) in [7, 11) is 1.75. The fraction of sp³-hybridized carbons (Fsp3) is 0.467. The minimum absolute atomic E-state index is 0.0343. The molecule has 0 spiro atoms. The number of carbonyl (C=O) groups excluding carboxylic acids is 2. The van der Waals surface area contributed by atoms with E-state index < -0.39 is 0 Å². The summed E-state index contributed by atoms with van der Waals surface area (Å²) in [4.78, 5) is 25.3. The monoisotopic (exact) mass is 290 g/mol. The molecule has 0 saturated heterocycles. The molecule has 0 unspecified atom stereocenters. The van der Waals surface area contributed by atoms with Crippen LogP contribution in [0.4, 0.5) is 11.4 Å². The number of rotatable bonds is 6. The Morgan fingerprint density at radius 2 is 1.95 bits per heavy atom. The van der Waals surface area contributed by atoms with Crippen LogP contribution >= 0.6 is 0 Å². The van der Waals surface area contributed by atoms with Crippen molar-refractivity contribution in [1.29, 1.82) is 0 Å². The molecule has 1 fully saturated rings. The zero-order valence-corrected chi connectivity index (χ0v) is 12.5. The first-order valence-electron chi connectivity index (χ1n) is 7.08. The molecule has 1 aliphatic rings. The molecule has 21 heavy (non-hydrogen) atoms. The van der Waals surface area contributed by atoms with Gasteiger partial charge in [0.05, 0.1) is 13.1 Å². The van der Waals surface area contributed by atoms with Crippen LogP contribution in [0.2, 0.25) is 0 Å². The maximum atomic E-state index is 12.0. The first kappa shape index (κ1) is 15.3. The number of likely N-dealkylation sites (N-methyl/N-ethyl adjacent to an activating group) is 1. The smallest absolute Gasteiger partial charge is 0.238 e. The number of hydrogen-bond acceptors (Lipinski definition) is 4. The lowest BCUT2D eigenvalue weighted by atomic mass is 10.1. The van der Waals surface area contributed by atoms with E-state index in [1.54, 1.807) is 24.1 Å². The summed E-state index contributed by atoms with van der Waals surface area (Å²) in [6.45, 7) is 2.24. The van der Waals surface area contributed by atoms with Crippen molar-refractivity contribution >= 4 is 23.2 Å². The van der Waals surface area contributed by atoms with Crippen molar-refractivity contribution in [1.82, 2.24) is 10.2 Å².